The minimum absolute atomic E-state index is 0.164. The monoisotopic (exact) mass is 430 g/mol. The van der Waals surface area contributed by atoms with Crippen LogP contribution in [0, 0.1) is 0 Å². The summed E-state index contributed by atoms with van der Waals surface area (Å²) in [6, 6.07) is 13.6. The first-order chi connectivity index (χ1) is 15.3. The number of fused-ring (bicyclic) bond motifs is 1. The van der Waals surface area contributed by atoms with E-state index >= 15 is 0 Å². The van der Waals surface area contributed by atoms with Gasteiger partial charge in [-0.05, 0) is 70.2 Å². The summed E-state index contributed by atoms with van der Waals surface area (Å²) in [5.74, 6) is -0.343. The second-order valence-corrected chi connectivity index (χ2v) is 8.93. The summed E-state index contributed by atoms with van der Waals surface area (Å²) in [6.07, 6.45) is 10.4. The first-order valence-corrected chi connectivity index (χ1v) is 11.5. The van der Waals surface area contributed by atoms with Gasteiger partial charge in [0, 0.05) is 12.4 Å². The summed E-state index contributed by atoms with van der Waals surface area (Å²) in [5, 5.41) is 13.5. The summed E-state index contributed by atoms with van der Waals surface area (Å²) in [5.41, 5.74) is 6.78. The van der Waals surface area contributed by atoms with Crippen molar-refractivity contribution in [2.75, 3.05) is 0 Å². The van der Waals surface area contributed by atoms with E-state index in [0.717, 1.165) is 12.1 Å². The number of nitrogens with zero attached hydrogens (tertiary/aromatic N) is 2. The maximum absolute atomic E-state index is 11.1. The van der Waals surface area contributed by atoms with Gasteiger partial charge in [-0.15, -0.1) is 0 Å². The molecule has 0 radical (unpaired) electrons. The highest BCUT2D eigenvalue weighted by Crippen LogP contribution is 2.43. The molecule has 1 unspecified atom stereocenters. The molecule has 0 fully saturated rings. The highest BCUT2D eigenvalue weighted by molar-refractivity contribution is 5.88. The van der Waals surface area contributed by atoms with E-state index in [0.29, 0.717) is 11.5 Å². The second kappa shape index (κ2) is 9.99. The van der Waals surface area contributed by atoms with Crippen LogP contribution < -0.4 is 0 Å². The number of carboxylic acid groups (broad SMARTS) is 1. The smallest absolute Gasteiger partial charge is 0.335 e. The van der Waals surface area contributed by atoms with Gasteiger partial charge in [-0.25, -0.2) is 4.79 Å². The topological polar surface area (TPSA) is 55.1 Å². The fourth-order valence-corrected chi connectivity index (χ4v) is 4.33. The summed E-state index contributed by atoms with van der Waals surface area (Å²) in [6.45, 7) is 11.7. The molecule has 3 aromatic rings. The van der Waals surface area contributed by atoms with Crippen molar-refractivity contribution in [2.24, 2.45) is 0 Å². The molecule has 1 N–H and O–H groups in total. The van der Waals surface area contributed by atoms with Crippen molar-refractivity contribution in [2.45, 2.75) is 65.3 Å². The Bertz CT molecular complexity index is 1080. The van der Waals surface area contributed by atoms with E-state index in [1.165, 1.54) is 35.1 Å². The Balaban J connectivity index is 0.00000141. The number of hydrogen-bond donors (Lipinski definition) is 1. The zero-order chi connectivity index (χ0) is 23.3. The molecule has 1 aliphatic rings. The Morgan fingerprint density at radius 2 is 1.91 bits per heavy atom. The predicted molar refractivity (Wildman–Crippen MR) is 132 cm³/mol. The third-order valence-electron chi connectivity index (χ3n) is 6.28. The molecule has 1 atom stereocenters. The van der Waals surface area contributed by atoms with Crippen LogP contribution in [0.4, 0.5) is 0 Å². The first-order valence-electron chi connectivity index (χ1n) is 11.5. The molecule has 0 aliphatic heterocycles. The standard InChI is InChI=1S/C26H28N2O2.C2H6/c1-18-11-12-26(2,3)24-16-21(10-7-19-5-8-20(9-6-19)25(29)30)22(15-23(18)24)17-28-14-4-13-27-28;1-2/h4-10,13-16,18H,11-12,17H2,1-3H3,(H,29,30);1-2H3/b10-7+;. The van der Waals surface area contributed by atoms with Gasteiger partial charge >= 0.3 is 5.97 Å². The van der Waals surface area contributed by atoms with E-state index in [9.17, 15) is 4.79 Å². The van der Waals surface area contributed by atoms with Crippen molar-refractivity contribution < 1.29 is 9.90 Å². The van der Waals surface area contributed by atoms with Gasteiger partial charge in [-0.2, -0.15) is 5.10 Å². The molecular formula is C28H34N2O2. The molecule has 0 amide bonds. The van der Waals surface area contributed by atoms with Gasteiger partial charge in [0.2, 0.25) is 0 Å². The van der Waals surface area contributed by atoms with Crippen molar-refractivity contribution >= 4 is 18.1 Å². The van der Waals surface area contributed by atoms with Crippen LogP contribution >= 0.6 is 0 Å². The number of carboxylic acids is 1. The lowest BCUT2D eigenvalue weighted by Gasteiger charge is -2.37. The summed E-state index contributed by atoms with van der Waals surface area (Å²) in [4.78, 5) is 11.1. The number of hydrogen-bond acceptors (Lipinski definition) is 2. The lowest BCUT2D eigenvalue weighted by Crippen LogP contribution is -2.26. The van der Waals surface area contributed by atoms with Gasteiger partial charge in [-0.3, -0.25) is 4.68 Å². The second-order valence-electron chi connectivity index (χ2n) is 8.93. The quantitative estimate of drug-likeness (QED) is 0.443. The number of aromatic carboxylic acids is 1. The van der Waals surface area contributed by atoms with E-state index in [2.05, 4.69) is 50.2 Å². The van der Waals surface area contributed by atoms with Crippen molar-refractivity contribution in [3.05, 3.63) is 88.2 Å². The Morgan fingerprint density at radius 1 is 1.19 bits per heavy atom. The molecule has 0 saturated carbocycles. The third kappa shape index (κ3) is 5.18. The molecule has 2 aromatic carbocycles. The number of benzene rings is 2. The Labute approximate surface area is 191 Å². The minimum Gasteiger partial charge on any atom is -0.478 e. The Hall–Kier alpha value is -3.14. The molecule has 0 saturated heterocycles. The minimum atomic E-state index is -0.905. The Kier molecular flexibility index (Phi) is 7.34. The number of rotatable bonds is 5. The molecule has 4 heteroatoms. The molecule has 0 bridgehead atoms. The van der Waals surface area contributed by atoms with Crippen molar-refractivity contribution in [3.63, 3.8) is 0 Å². The molecular weight excluding hydrogens is 396 g/mol. The fraction of sp³-hybridized carbons (Fsp3) is 0.357. The molecule has 168 valence electrons. The van der Waals surface area contributed by atoms with E-state index in [1.54, 1.807) is 12.1 Å². The summed E-state index contributed by atoms with van der Waals surface area (Å²) < 4.78 is 1.96. The van der Waals surface area contributed by atoms with Gasteiger partial charge in [0.05, 0.1) is 12.1 Å². The van der Waals surface area contributed by atoms with Gasteiger partial charge in [-0.1, -0.05) is 71.0 Å². The number of carbonyl (C=O) groups is 1. The van der Waals surface area contributed by atoms with E-state index in [-0.39, 0.29) is 5.41 Å². The Morgan fingerprint density at radius 3 is 2.53 bits per heavy atom. The van der Waals surface area contributed by atoms with Crippen molar-refractivity contribution in [1.82, 2.24) is 9.78 Å². The third-order valence-corrected chi connectivity index (χ3v) is 6.28. The summed E-state index contributed by atoms with van der Waals surface area (Å²) in [7, 11) is 0. The van der Waals surface area contributed by atoms with Gasteiger partial charge in [0.15, 0.2) is 0 Å². The van der Waals surface area contributed by atoms with E-state index < -0.39 is 5.97 Å². The van der Waals surface area contributed by atoms with Crippen LogP contribution in [0.3, 0.4) is 0 Å². The molecule has 4 nitrogen and oxygen atoms in total. The molecule has 4 rings (SSSR count). The first kappa shape index (κ1) is 23.5. The van der Waals surface area contributed by atoms with Crippen LogP contribution in [-0.4, -0.2) is 20.9 Å². The van der Waals surface area contributed by atoms with Crippen LogP contribution in [0.2, 0.25) is 0 Å². The molecule has 32 heavy (non-hydrogen) atoms. The van der Waals surface area contributed by atoms with Gasteiger partial charge in [0.1, 0.15) is 0 Å². The summed E-state index contributed by atoms with van der Waals surface area (Å²) >= 11 is 0. The molecule has 1 heterocycles. The molecule has 1 aliphatic carbocycles. The van der Waals surface area contributed by atoms with Crippen LogP contribution in [0.1, 0.15) is 91.6 Å². The average molecular weight is 431 g/mol. The highest BCUT2D eigenvalue weighted by atomic mass is 16.4. The van der Waals surface area contributed by atoms with Gasteiger partial charge < -0.3 is 5.11 Å². The average Bonchev–Trinajstić information content (AvgIpc) is 3.30. The highest BCUT2D eigenvalue weighted by Gasteiger charge is 2.31. The SMILES string of the molecule is CC.CC1CCC(C)(C)c2cc(/C=C/c3ccc(C(=O)O)cc3)c(Cn3cccn3)cc21. The predicted octanol–water partition coefficient (Wildman–Crippen LogP) is 7.00. The molecule has 1 aromatic heterocycles. The van der Waals surface area contributed by atoms with E-state index in [4.69, 9.17) is 5.11 Å². The van der Waals surface area contributed by atoms with Gasteiger partial charge in [0.25, 0.3) is 0 Å². The van der Waals surface area contributed by atoms with Crippen LogP contribution in [0.25, 0.3) is 12.2 Å². The maximum Gasteiger partial charge on any atom is 0.335 e. The van der Waals surface area contributed by atoms with Crippen LogP contribution in [-0.2, 0) is 12.0 Å². The normalized spacial score (nSPS) is 16.8. The van der Waals surface area contributed by atoms with Crippen LogP contribution in [0.5, 0.6) is 0 Å². The van der Waals surface area contributed by atoms with E-state index in [1.807, 2.05) is 49.1 Å². The van der Waals surface area contributed by atoms with Crippen LogP contribution in [0.15, 0.2) is 54.9 Å². The lowest BCUT2D eigenvalue weighted by atomic mass is 9.68. The lowest BCUT2D eigenvalue weighted by molar-refractivity contribution is 0.0697. The number of aromatic nitrogens is 2. The molecule has 0 spiro atoms. The largest absolute Gasteiger partial charge is 0.478 e. The van der Waals surface area contributed by atoms with Crippen molar-refractivity contribution in [3.8, 4) is 0 Å². The zero-order valence-electron chi connectivity index (χ0n) is 19.8. The zero-order valence-corrected chi connectivity index (χ0v) is 19.8. The van der Waals surface area contributed by atoms with Crippen molar-refractivity contribution in [1.29, 1.82) is 0 Å². The fourth-order valence-electron chi connectivity index (χ4n) is 4.33. The maximum atomic E-state index is 11.1.